The number of nitrogens with one attached hydrogen (secondary N) is 2. The first-order valence-corrected chi connectivity index (χ1v) is 7.50. The third-order valence-corrected chi connectivity index (χ3v) is 3.84. The van der Waals surface area contributed by atoms with E-state index < -0.39 is 0 Å². The van der Waals surface area contributed by atoms with E-state index in [0.29, 0.717) is 15.7 Å². The van der Waals surface area contributed by atoms with Crippen LogP contribution < -0.4 is 10.6 Å². The van der Waals surface area contributed by atoms with Crippen LogP contribution in [0, 0.1) is 0 Å². The zero-order valence-corrected chi connectivity index (χ0v) is 13.2. The number of anilines is 1. The summed E-state index contributed by atoms with van der Waals surface area (Å²) in [6.45, 7) is -0.0234. The van der Waals surface area contributed by atoms with Crippen molar-refractivity contribution in [2.45, 2.75) is 6.04 Å². The number of aliphatic hydroxyl groups excluding tert-OH is 1. The topological polar surface area (TPSA) is 61.4 Å². The number of rotatable bonds is 6. The zero-order chi connectivity index (χ0) is 15.9. The fourth-order valence-electron chi connectivity index (χ4n) is 1.97. The van der Waals surface area contributed by atoms with Crippen molar-refractivity contribution in [2.24, 2.45) is 0 Å². The van der Waals surface area contributed by atoms with Crippen molar-refractivity contribution in [1.29, 1.82) is 0 Å². The number of halogens is 2. The van der Waals surface area contributed by atoms with Gasteiger partial charge in [0.05, 0.1) is 29.2 Å². The molecule has 4 nitrogen and oxygen atoms in total. The summed E-state index contributed by atoms with van der Waals surface area (Å²) < 4.78 is 0. The third kappa shape index (κ3) is 4.71. The summed E-state index contributed by atoms with van der Waals surface area (Å²) in [5.41, 5.74) is 1.49. The van der Waals surface area contributed by atoms with Gasteiger partial charge in [0, 0.05) is 5.69 Å². The number of aliphatic hydroxyl groups is 1. The molecule has 1 atom stereocenters. The Morgan fingerprint density at radius 1 is 1.09 bits per heavy atom. The lowest BCUT2D eigenvalue weighted by molar-refractivity contribution is -0.115. The summed E-state index contributed by atoms with van der Waals surface area (Å²) in [4.78, 5) is 11.9. The van der Waals surface area contributed by atoms with Crippen LogP contribution in [0.1, 0.15) is 11.6 Å². The molecule has 0 aliphatic rings. The Bertz CT molecular complexity index is 635. The van der Waals surface area contributed by atoms with Crippen LogP contribution in [0.2, 0.25) is 10.0 Å². The second kappa shape index (κ2) is 8.15. The first kappa shape index (κ1) is 16.8. The standard InChI is InChI=1S/C16H16Cl2N2O2/c17-13-7-6-12(8-14(13)18)20-16(22)9-19-15(10-21)11-4-2-1-3-5-11/h1-8,15,19,21H,9-10H2,(H,20,22). The summed E-state index contributed by atoms with van der Waals surface area (Å²) in [6, 6.07) is 14.0. The van der Waals surface area contributed by atoms with Crippen LogP contribution in [0.3, 0.4) is 0 Å². The van der Waals surface area contributed by atoms with Crippen LogP contribution in [0.15, 0.2) is 48.5 Å². The highest BCUT2D eigenvalue weighted by Gasteiger charge is 2.11. The van der Waals surface area contributed by atoms with Gasteiger partial charge < -0.3 is 10.4 Å². The van der Waals surface area contributed by atoms with Crippen molar-refractivity contribution in [3.63, 3.8) is 0 Å². The van der Waals surface area contributed by atoms with Crippen LogP contribution in [-0.2, 0) is 4.79 Å². The van der Waals surface area contributed by atoms with Gasteiger partial charge >= 0.3 is 0 Å². The summed E-state index contributed by atoms with van der Waals surface area (Å²) in [5, 5.41) is 16.0. The van der Waals surface area contributed by atoms with Crippen LogP contribution >= 0.6 is 23.2 Å². The Balaban J connectivity index is 1.90. The molecule has 6 heteroatoms. The first-order valence-electron chi connectivity index (χ1n) is 6.74. The number of hydrogen-bond donors (Lipinski definition) is 3. The summed E-state index contributed by atoms with van der Waals surface area (Å²) in [6.07, 6.45) is 0. The van der Waals surface area contributed by atoms with Crippen molar-refractivity contribution in [1.82, 2.24) is 5.32 Å². The average Bonchev–Trinajstić information content (AvgIpc) is 2.52. The van der Waals surface area contributed by atoms with E-state index in [9.17, 15) is 9.90 Å². The van der Waals surface area contributed by atoms with Crippen molar-refractivity contribution in [2.75, 3.05) is 18.5 Å². The van der Waals surface area contributed by atoms with E-state index in [1.807, 2.05) is 30.3 Å². The molecule has 0 bridgehead atoms. The summed E-state index contributed by atoms with van der Waals surface area (Å²) in [7, 11) is 0. The van der Waals surface area contributed by atoms with Crippen molar-refractivity contribution in [3.05, 3.63) is 64.1 Å². The zero-order valence-electron chi connectivity index (χ0n) is 11.7. The van der Waals surface area contributed by atoms with Gasteiger partial charge in [-0.15, -0.1) is 0 Å². The quantitative estimate of drug-likeness (QED) is 0.757. The average molecular weight is 339 g/mol. The van der Waals surface area contributed by atoms with Crippen LogP contribution in [0.4, 0.5) is 5.69 Å². The van der Waals surface area contributed by atoms with E-state index in [1.54, 1.807) is 18.2 Å². The van der Waals surface area contributed by atoms with Gasteiger partial charge in [0.1, 0.15) is 0 Å². The highest BCUT2D eigenvalue weighted by molar-refractivity contribution is 6.42. The SMILES string of the molecule is O=C(CNC(CO)c1ccccc1)Nc1ccc(Cl)c(Cl)c1. The van der Waals surface area contributed by atoms with Gasteiger partial charge in [-0.25, -0.2) is 0 Å². The number of carbonyl (C=O) groups is 1. The molecule has 0 fully saturated rings. The number of hydrogen-bond acceptors (Lipinski definition) is 3. The van der Waals surface area contributed by atoms with Gasteiger partial charge in [-0.2, -0.15) is 0 Å². The highest BCUT2D eigenvalue weighted by Crippen LogP contribution is 2.24. The van der Waals surface area contributed by atoms with Crippen molar-refractivity contribution in [3.8, 4) is 0 Å². The Labute approximate surface area is 139 Å². The predicted octanol–water partition coefficient (Wildman–Crippen LogP) is 3.26. The lowest BCUT2D eigenvalue weighted by atomic mass is 10.1. The molecule has 0 spiro atoms. The molecule has 0 heterocycles. The Morgan fingerprint density at radius 3 is 2.45 bits per heavy atom. The van der Waals surface area contributed by atoms with Gasteiger partial charge in [0.15, 0.2) is 0 Å². The second-order valence-corrected chi connectivity index (χ2v) is 5.52. The summed E-state index contributed by atoms with van der Waals surface area (Å²) >= 11 is 11.7. The molecule has 0 aromatic heterocycles. The monoisotopic (exact) mass is 338 g/mol. The lowest BCUT2D eigenvalue weighted by Gasteiger charge is -2.16. The van der Waals surface area contributed by atoms with Gasteiger partial charge in [-0.05, 0) is 23.8 Å². The van der Waals surface area contributed by atoms with E-state index in [1.165, 1.54) is 0 Å². The Kier molecular flexibility index (Phi) is 6.21. The Hall–Kier alpha value is -1.59. The number of amides is 1. The van der Waals surface area contributed by atoms with Gasteiger partial charge in [-0.1, -0.05) is 53.5 Å². The first-order chi connectivity index (χ1) is 10.6. The molecule has 1 unspecified atom stereocenters. The molecule has 0 saturated heterocycles. The molecule has 2 aromatic carbocycles. The van der Waals surface area contributed by atoms with Gasteiger partial charge in [0.25, 0.3) is 0 Å². The molecule has 1 amide bonds. The molecule has 0 aliphatic carbocycles. The van der Waals surface area contributed by atoms with E-state index in [-0.39, 0.29) is 25.1 Å². The normalized spacial score (nSPS) is 12.0. The van der Waals surface area contributed by atoms with E-state index in [4.69, 9.17) is 23.2 Å². The maximum atomic E-state index is 11.9. The van der Waals surface area contributed by atoms with Gasteiger partial charge in [0.2, 0.25) is 5.91 Å². The number of benzene rings is 2. The predicted molar refractivity (Wildman–Crippen MR) is 89.4 cm³/mol. The van der Waals surface area contributed by atoms with Crippen LogP contribution in [0.25, 0.3) is 0 Å². The largest absolute Gasteiger partial charge is 0.394 e. The molecule has 0 aliphatic heterocycles. The second-order valence-electron chi connectivity index (χ2n) is 4.70. The molecular formula is C16H16Cl2N2O2. The fraction of sp³-hybridized carbons (Fsp3) is 0.188. The van der Waals surface area contributed by atoms with Crippen LogP contribution in [-0.4, -0.2) is 24.2 Å². The molecule has 22 heavy (non-hydrogen) atoms. The Morgan fingerprint density at radius 2 is 1.82 bits per heavy atom. The minimum Gasteiger partial charge on any atom is -0.394 e. The molecule has 116 valence electrons. The number of carbonyl (C=O) groups excluding carboxylic acids is 1. The smallest absolute Gasteiger partial charge is 0.238 e. The lowest BCUT2D eigenvalue weighted by Crippen LogP contribution is -2.32. The van der Waals surface area contributed by atoms with Crippen molar-refractivity contribution >= 4 is 34.8 Å². The van der Waals surface area contributed by atoms with E-state index in [0.717, 1.165) is 5.56 Å². The molecule has 2 aromatic rings. The fourth-order valence-corrected chi connectivity index (χ4v) is 2.27. The molecular weight excluding hydrogens is 323 g/mol. The van der Waals surface area contributed by atoms with Crippen molar-refractivity contribution < 1.29 is 9.90 Å². The van der Waals surface area contributed by atoms with E-state index in [2.05, 4.69) is 10.6 Å². The third-order valence-electron chi connectivity index (χ3n) is 3.10. The molecule has 0 radical (unpaired) electrons. The van der Waals surface area contributed by atoms with E-state index >= 15 is 0 Å². The summed E-state index contributed by atoms with van der Waals surface area (Å²) in [5.74, 6) is -0.229. The highest BCUT2D eigenvalue weighted by atomic mass is 35.5. The minimum atomic E-state index is -0.291. The molecule has 3 N–H and O–H groups in total. The molecule has 0 saturated carbocycles. The minimum absolute atomic E-state index is 0.0698. The van der Waals surface area contributed by atoms with Gasteiger partial charge in [-0.3, -0.25) is 10.1 Å². The van der Waals surface area contributed by atoms with Crippen LogP contribution in [0.5, 0.6) is 0 Å². The molecule has 2 rings (SSSR count). The maximum absolute atomic E-state index is 11.9. The maximum Gasteiger partial charge on any atom is 0.238 e.